The van der Waals surface area contributed by atoms with Crippen LogP contribution in [0.4, 0.5) is 0 Å². The van der Waals surface area contributed by atoms with E-state index in [-0.39, 0.29) is 29.9 Å². The molecule has 4 aliphatic rings. The minimum Gasteiger partial charge on any atom is -0.478 e. The highest BCUT2D eigenvalue weighted by atomic mass is 16.5. The van der Waals surface area contributed by atoms with E-state index in [1.165, 1.54) is 6.92 Å². The van der Waals surface area contributed by atoms with Crippen molar-refractivity contribution in [3.8, 4) is 0 Å². The number of aliphatic hydroxyl groups excluding tert-OH is 2. The highest BCUT2D eigenvalue weighted by molar-refractivity contribution is 5.91. The molecule has 0 saturated heterocycles. The van der Waals surface area contributed by atoms with Crippen molar-refractivity contribution in [2.75, 3.05) is 0 Å². The molecule has 0 bridgehead atoms. The van der Waals surface area contributed by atoms with E-state index in [0.29, 0.717) is 49.8 Å². The summed E-state index contributed by atoms with van der Waals surface area (Å²) in [6, 6.07) is 0. The Morgan fingerprint density at radius 1 is 1.09 bits per heavy atom. The van der Waals surface area contributed by atoms with Gasteiger partial charge in [0.25, 0.3) is 0 Å². The smallest absolute Gasteiger partial charge is 0.335 e. The first kappa shape index (κ1) is 32.6. The Hall–Kier alpha value is -2.82. The molecular formula is C34H50N4O6. The lowest BCUT2D eigenvalue weighted by Gasteiger charge is -2.72. The average Bonchev–Trinajstić information content (AvgIpc) is 3.52. The topological polar surface area (TPSA) is 161 Å². The highest BCUT2D eigenvalue weighted by Crippen LogP contribution is 2.76. The summed E-state index contributed by atoms with van der Waals surface area (Å²) >= 11 is 0. The summed E-state index contributed by atoms with van der Waals surface area (Å²) in [7, 11) is 0. The molecule has 1 heterocycles. The molecule has 10 nitrogen and oxygen atoms in total. The van der Waals surface area contributed by atoms with Crippen LogP contribution in [0.25, 0.3) is 0 Å². The second kappa shape index (κ2) is 11.2. The first-order valence-electron chi connectivity index (χ1n) is 16.0. The lowest BCUT2D eigenvalue weighted by atomic mass is 9.34. The van der Waals surface area contributed by atoms with Gasteiger partial charge in [-0.15, -0.1) is 5.10 Å². The predicted molar refractivity (Wildman–Crippen MR) is 165 cm³/mol. The van der Waals surface area contributed by atoms with Crippen molar-refractivity contribution < 1.29 is 29.6 Å². The normalized spacial score (nSPS) is 42.7. The Morgan fingerprint density at radius 3 is 2.39 bits per heavy atom. The number of fused-ring (bicyclic) bond motifs is 5. The fraction of sp³-hybridized carbons (Fsp3) is 0.706. The Balaban J connectivity index is 1.69. The van der Waals surface area contributed by atoms with Gasteiger partial charge in [0.2, 0.25) is 0 Å². The standard InChI is InChI=1S/C34H50N4O6/c1-19(2)9-8-10-23(30(42)43)28-24-15-26(41)29-31(5,33(24,7)16-27(28)44-21(4)39)13-14-34(38-18-22(17-35)36-37-38)20(3)25(40)11-12-32(29,34)6/h8-10,18,20,24-27,29,40-41H,11-17,35H2,1-7H3,(H,42,43)/b10-8-,28-23-/t20-,24+,25-,26-,27+,29-,31+,32-,33+,34-/m1/s1. The van der Waals surface area contributed by atoms with Gasteiger partial charge in [0, 0.05) is 19.4 Å². The second-order valence-corrected chi connectivity index (χ2v) is 14.8. The number of ether oxygens (including phenoxy) is 1. The number of nitrogens with two attached hydrogens (primary N) is 1. The van der Waals surface area contributed by atoms with Gasteiger partial charge >= 0.3 is 11.9 Å². The van der Waals surface area contributed by atoms with Crippen LogP contribution in [-0.4, -0.2) is 60.6 Å². The highest BCUT2D eigenvalue weighted by Gasteiger charge is 2.75. The molecule has 10 heteroatoms. The number of allylic oxidation sites excluding steroid dienone is 3. The molecule has 5 N–H and O–H groups in total. The first-order chi connectivity index (χ1) is 20.6. The van der Waals surface area contributed by atoms with Crippen LogP contribution in [0.1, 0.15) is 92.7 Å². The molecule has 0 unspecified atom stereocenters. The number of hydrogen-bond acceptors (Lipinski definition) is 8. The van der Waals surface area contributed by atoms with Crippen LogP contribution in [0.5, 0.6) is 0 Å². The summed E-state index contributed by atoms with van der Waals surface area (Å²) in [5.74, 6) is -2.18. The molecule has 44 heavy (non-hydrogen) atoms. The van der Waals surface area contributed by atoms with Gasteiger partial charge in [0.05, 0.1) is 35.2 Å². The summed E-state index contributed by atoms with van der Waals surface area (Å²) in [5.41, 5.74) is 6.35. The van der Waals surface area contributed by atoms with Crippen LogP contribution in [0.3, 0.4) is 0 Å². The minimum atomic E-state index is -1.08. The lowest BCUT2D eigenvalue weighted by Crippen LogP contribution is -2.72. The van der Waals surface area contributed by atoms with Crippen molar-refractivity contribution in [2.24, 2.45) is 39.7 Å². The first-order valence-corrected chi connectivity index (χ1v) is 16.0. The molecule has 0 spiro atoms. The quantitative estimate of drug-likeness (QED) is 0.209. The fourth-order valence-electron chi connectivity index (χ4n) is 10.6. The number of carbonyl (C=O) groups is 2. The molecule has 1 aromatic heterocycles. The van der Waals surface area contributed by atoms with Gasteiger partial charge in [-0.05, 0) is 92.1 Å². The largest absolute Gasteiger partial charge is 0.478 e. The van der Waals surface area contributed by atoms with Gasteiger partial charge in [-0.2, -0.15) is 0 Å². The van der Waals surface area contributed by atoms with Gasteiger partial charge in [-0.25, -0.2) is 9.48 Å². The van der Waals surface area contributed by atoms with Gasteiger partial charge in [-0.1, -0.05) is 50.6 Å². The molecule has 4 fully saturated rings. The van der Waals surface area contributed by atoms with Crippen LogP contribution in [0.15, 0.2) is 41.1 Å². The van der Waals surface area contributed by atoms with Crippen molar-refractivity contribution in [3.63, 3.8) is 0 Å². The maximum Gasteiger partial charge on any atom is 0.335 e. The Morgan fingerprint density at radius 2 is 1.80 bits per heavy atom. The van der Waals surface area contributed by atoms with Crippen molar-refractivity contribution in [3.05, 3.63) is 46.8 Å². The zero-order valence-corrected chi connectivity index (χ0v) is 27.2. The number of hydrogen-bond donors (Lipinski definition) is 4. The van der Waals surface area contributed by atoms with Crippen LogP contribution in [0, 0.1) is 34.0 Å². The van der Waals surface area contributed by atoms with Crippen LogP contribution < -0.4 is 5.73 Å². The molecule has 4 saturated carbocycles. The molecule has 242 valence electrons. The molecule has 0 amide bonds. The number of esters is 1. The van der Waals surface area contributed by atoms with Crippen LogP contribution in [-0.2, 0) is 26.4 Å². The number of carboxylic acids is 1. The average molecular weight is 611 g/mol. The van der Waals surface area contributed by atoms with E-state index in [2.05, 4.69) is 38.0 Å². The lowest BCUT2D eigenvalue weighted by molar-refractivity contribution is -0.264. The number of rotatable bonds is 6. The SMILES string of the molecule is CC(=O)O[C@H]1C[C@@]2(C)[C@@H](C[C@@H](O)[C@@H]3[C@]2(C)CC[C@@]2(n4cc(CN)nn4)[C@H](C)[C@H](O)CC[C@]32C)/C1=C(\C=C/C=C(C)C)C(=O)O. The Bertz CT molecular complexity index is 1410. The summed E-state index contributed by atoms with van der Waals surface area (Å²) in [5, 5.41) is 42.9. The van der Waals surface area contributed by atoms with E-state index in [1.807, 2.05) is 30.8 Å². The monoisotopic (exact) mass is 610 g/mol. The third-order valence-electron chi connectivity index (χ3n) is 12.6. The van der Waals surface area contributed by atoms with E-state index < -0.39 is 52.0 Å². The van der Waals surface area contributed by atoms with E-state index in [4.69, 9.17) is 10.5 Å². The van der Waals surface area contributed by atoms with Gasteiger partial charge in [0.15, 0.2) is 0 Å². The molecule has 0 aliphatic heterocycles. The van der Waals surface area contributed by atoms with Crippen molar-refractivity contribution in [1.29, 1.82) is 0 Å². The zero-order valence-electron chi connectivity index (χ0n) is 27.2. The maximum absolute atomic E-state index is 12.8. The van der Waals surface area contributed by atoms with Gasteiger partial charge in [-0.3, -0.25) is 4.79 Å². The number of carbonyl (C=O) groups excluding carboxylic acids is 1. The third-order valence-corrected chi connectivity index (χ3v) is 12.6. The van der Waals surface area contributed by atoms with Gasteiger partial charge in [0.1, 0.15) is 6.10 Å². The van der Waals surface area contributed by atoms with Crippen molar-refractivity contribution in [1.82, 2.24) is 15.0 Å². The fourth-order valence-corrected chi connectivity index (χ4v) is 10.6. The zero-order chi connectivity index (χ0) is 32.4. The number of aliphatic hydroxyl groups is 2. The number of aromatic nitrogens is 3. The molecule has 4 aliphatic carbocycles. The molecule has 0 aromatic carbocycles. The summed E-state index contributed by atoms with van der Waals surface area (Å²) in [6.07, 6.45) is 8.63. The molecule has 1 aromatic rings. The minimum absolute atomic E-state index is 0.124. The van der Waals surface area contributed by atoms with Crippen molar-refractivity contribution >= 4 is 11.9 Å². The van der Waals surface area contributed by atoms with Gasteiger partial charge < -0.3 is 25.8 Å². The van der Waals surface area contributed by atoms with Crippen LogP contribution in [0.2, 0.25) is 0 Å². The van der Waals surface area contributed by atoms with E-state index >= 15 is 0 Å². The second-order valence-electron chi connectivity index (χ2n) is 14.8. The molecule has 10 atom stereocenters. The summed E-state index contributed by atoms with van der Waals surface area (Å²) < 4.78 is 7.84. The van der Waals surface area contributed by atoms with E-state index in [0.717, 1.165) is 5.57 Å². The maximum atomic E-state index is 12.8. The number of carboxylic acid groups (broad SMARTS) is 1. The predicted octanol–water partition coefficient (Wildman–Crippen LogP) is 4.27. The van der Waals surface area contributed by atoms with Crippen molar-refractivity contribution in [2.45, 2.75) is 117 Å². The molecule has 0 radical (unpaired) electrons. The summed E-state index contributed by atoms with van der Waals surface area (Å²) in [4.78, 5) is 25.2. The molecular weight excluding hydrogens is 560 g/mol. The number of nitrogens with zero attached hydrogens (tertiary/aromatic N) is 3. The molecule has 5 rings (SSSR count). The number of aliphatic carboxylic acids is 1. The summed E-state index contributed by atoms with van der Waals surface area (Å²) in [6.45, 7) is 14.3. The van der Waals surface area contributed by atoms with E-state index in [9.17, 15) is 24.9 Å². The Labute approximate surface area is 260 Å². The van der Waals surface area contributed by atoms with E-state index in [1.54, 1.807) is 12.2 Å². The van der Waals surface area contributed by atoms with Crippen LogP contribution >= 0.6 is 0 Å². The Kier molecular flexibility index (Phi) is 8.30. The third kappa shape index (κ3) is 4.54.